The molecular weight excluding hydrogens is 272 g/mol. The van der Waals surface area contributed by atoms with Gasteiger partial charge in [-0.25, -0.2) is 13.8 Å². The van der Waals surface area contributed by atoms with Crippen molar-refractivity contribution >= 4 is 17.0 Å². The van der Waals surface area contributed by atoms with E-state index in [-0.39, 0.29) is 17.7 Å². The maximum atomic E-state index is 13.6. The van der Waals surface area contributed by atoms with Gasteiger partial charge in [-0.15, -0.1) is 0 Å². The van der Waals surface area contributed by atoms with E-state index in [0.29, 0.717) is 17.0 Å². The zero-order valence-corrected chi connectivity index (χ0v) is 11.8. The molecule has 0 saturated heterocycles. The molecule has 1 aromatic heterocycles. The van der Waals surface area contributed by atoms with Crippen LogP contribution < -0.4 is 5.73 Å². The fourth-order valence-corrected chi connectivity index (χ4v) is 2.54. The molecule has 0 bridgehead atoms. The summed E-state index contributed by atoms with van der Waals surface area (Å²) in [4.78, 5) is 4.21. The number of benzene rings is 2. The highest BCUT2D eigenvalue weighted by molar-refractivity contribution is 5.79. The van der Waals surface area contributed by atoms with E-state index in [9.17, 15) is 8.78 Å². The molecule has 0 aliphatic carbocycles. The van der Waals surface area contributed by atoms with Crippen molar-refractivity contribution in [2.75, 3.05) is 5.73 Å². The molecule has 0 amide bonds. The summed E-state index contributed by atoms with van der Waals surface area (Å²) in [7, 11) is 0. The molecule has 2 N–H and O–H groups in total. The molecular formula is C16H15F2N3. The van der Waals surface area contributed by atoms with Gasteiger partial charge in [0.2, 0.25) is 5.95 Å². The fraction of sp³-hybridized carbons (Fsp3) is 0.188. The lowest BCUT2D eigenvalue weighted by Gasteiger charge is -2.16. The topological polar surface area (TPSA) is 43.8 Å². The van der Waals surface area contributed by atoms with Crippen LogP contribution in [0.25, 0.3) is 11.0 Å². The highest BCUT2D eigenvalue weighted by atomic mass is 19.1. The molecule has 3 rings (SSSR count). The van der Waals surface area contributed by atoms with E-state index in [1.807, 2.05) is 11.5 Å². The maximum Gasteiger partial charge on any atom is 0.201 e. The third-order valence-corrected chi connectivity index (χ3v) is 3.74. The van der Waals surface area contributed by atoms with Gasteiger partial charge in [0.05, 0.1) is 17.1 Å². The number of imidazole rings is 1. The minimum Gasteiger partial charge on any atom is -0.369 e. The van der Waals surface area contributed by atoms with E-state index in [2.05, 4.69) is 4.98 Å². The van der Waals surface area contributed by atoms with Gasteiger partial charge in [0.15, 0.2) is 0 Å². The molecule has 0 aliphatic heterocycles. The minimum atomic E-state index is -0.304. The summed E-state index contributed by atoms with van der Waals surface area (Å²) in [6.07, 6.45) is 0. The van der Waals surface area contributed by atoms with Gasteiger partial charge in [0.1, 0.15) is 11.6 Å². The Labute approximate surface area is 121 Å². The molecule has 0 fully saturated rings. The first-order valence-corrected chi connectivity index (χ1v) is 6.66. The second-order valence-electron chi connectivity index (χ2n) is 5.16. The molecule has 0 saturated carbocycles. The van der Waals surface area contributed by atoms with E-state index >= 15 is 0 Å². The van der Waals surface area contributed by atoms with Crippen LogP contribution in [0.5, 0.6) is 0 Å². The van der Waals surface area contributed by atoms with Gasteiger partial charge in [-0.3, -0.25) is 0 Å². The average molecular weight is 287 g/mol. The molecule has 1 atom stereocenters. The average Bonchev–Trinajstić information content (AvgIpc) is 2.75. The minimum absolute atomic E-state index is 0.125. The number of nitrogens with two attached hydrogens (primary N) is 1. The van der Waals surface area contributed by atoms with Crippen molar-refractivity contribution in [2.24, 2.45) is 0 Å². The van der Waals surface area contributed by atoms with Gasteiger partial charge < -0.3 is 10.3 Å². The van der Waals surface area contributed by atoms with Crippen LogP contribution in [0, 0.1) is 18.6 Å². The van der Waals surface area contributed by atoms with Crippen molar-refractivity contribution in [1.82, 2.24) is 9.55 Å². The summed E-state index contributed by atoms with van der Waals surface area (Å²) in [6.45, 7) is 3.65. The highest BCUT2D eigenvalue weighted by Gasteiger charge is 2.17. The van der Waals surface area contributed by atoms with Gasteiger partial charge >= 0.3 is 0 Å². The Balaban J connectivity index is 2.17. The van der Waals surface area contributed by atoms with Crippen LogP contribution in [0.1, 0.15) is 24.1 Å². The molecule has 1 unspecified atom stereocenters. The predicted octanol–water partition coefficient (Wildman–Crippen LogP) is 3.81. The third-order valence-electron chi connectivity index (χ3n) is 3.74. The number of fused-ring (bicyclic) bond motifs is 1. The largest absolute Gasteiger partial charge is 0.369 e. The number of aryl methyl sites for hydroxylation is 1. The van der Waals surface area contributed by atoms with E-state index in [1.54, 1.807) is 25.1 Å². The lowest BCUT2D eigenvalue weighted by molar-refractivity contribution is 0.617. The number of hydrogen-bond donors (Lipinski definition) is 1. The molecule has 0 radical (unpaired) electrons. The Morgan fingerprint density at radius 3 is 2.48 bits per heavy atom. The Hall–Kier alpha value is -2.43. The number of hydrogen-bond acceptors (Lipinski definition) is 2. The van der Waals surface area contributed by atoms with Crippen molar-refractivity contribution in [3.8, 4) is 0 Å². The van der Waals surface area contributed by atoms with Crippen molar-refractivity contribution in [3.63, 3.8) is 0 Å². The zero-order chi connectivity index (χ0) is 15.1. The van der Waals surface area contributed by atoms with E-state index in [1.165, 1.54) is 18.2 Å². The van der Waals surface area contributed by atoms with Gasteiger partial charge in [-0.05, 0) is 43.2 Å². The van der Waals surface area contributed by atoms with E-state index < -0.39 is 0 Å². The van der Waals surface area contributed by atoms with Gasteiger partial charge in [-0.2, -0.15) is 0 Å². The molecule has 0 aliphatic rings. The third kappa shape index (κ3) is 2.24. The number of rotatable bonds is 2. The van der Waals surface area contributed by atoms with Crippen molar-refractivity contribution in [2.45, 2.75) is 19.9 Å². The first-order chi connectivity index (χ1) is 9.97. The fourth-order valence-electron chi connectivity index (χ4n) is 2.54. The second-order valence-corrected chi connectivity index (χ2v) is 5.16. The first-order valence-electron chi connectivity index (χ1n) is 6.66. The molecule has 3 aromatic rings. The molecule has 0 spiro atoms. The summed E-state index contributed by atoms with van der Waals surface area (Å²) in [6, 6.07) is 9.23. The molecule has 21 heavy (non-hydrogen) atoms. The zero-order valence-electron chi connectivity index (χ0n) is 11.8. The number of aromatic nitrogens is 2. The van der Waals surface area contributed by atoms with Gasteiger partial charge in [-0.1, -0.05) is 12.1 Å². The van der Waals surface area contributed by atoms with Gasteiger partial charge in [0, 0.05) is 6.07 Å². The van der Waals surface area contributed by atoms with E-state index in [0.717, 1.165) is 11.1 Å². The lowest BCUT2D eigenvalue weighted by Crippen LogP contribution is -2.10. The molecule has 2 aromatic carbocycles. The Kier molecular flexibility index (Phi) is 3.12. The number of halogens is 2. The van der Waals surface area contributed by atoms with Crippen LogP contribution in [-0.4, -0.2) is 9.55 Å². The Morgan fingerprint density at radius 2 is 1.81 bits per heavy atom. The molecule has 1 heterocycles. The summed E-state index contributed by atoms with van der Waals surface area (Å²) in [5.41, 5.74) is 8.71. The first kappa shape index (κ1) is 13.5. The predicted molar refractivity (Wildman–Crippen MR) is 79.1 cm³/mol. The van der Waals surface area contributed by atoms with Crippen molar-refractivity contribution in [3.05, 3.63) is 59.2 Å². The number of nitrogens with zero attached hydrogens (tertiary/aromatic N) is 2. The van der Waals surface area contributed by atoms with Gasteiger partial charge in [0.25, 0.3) is 0 Å². The Bertz CT molecular complexity index is 806. The van der Waals surface area contributed by atoms with Crippen molar-refractivity contribution < 1.29 is 8.78 Å². The SMILES string of the molecule is Cc1cc2c(cc1F)nc(N)n2C(C)c1ccc(F)cc1. The Morgan fingerprint density at radius 1 is 1.14 bits per heavy atom. The second kappa shape index (κ2) is 4.84. The lowest BCUT2D eigenvalue weighted by atomic mass is 10.1. The maximum absolute atomic E-state index is 13.6. The molecule has 3 nitrogen and oxygen atoms in total. The van der Waals surface area contributed by atoms with Crippen molar-refractivity contribution in [1.29, 1.82) is 0 Å². The summed E-state index contributed by atoms with van der Waals surface area (Å²) in [5.74, 6) is -0.277. The summed E-state index contributed by atoms with van der Waals surface area (Å²) < 4.78 is 28.5. The van der Waals surface area contributed by atoms with Crippen LogP contribution in [0.3, 0.4) is 0 Å². The van der Waals surface area contributed by atoms with Crippen LogP contribution in [0.2, 0.25) is 0 Å². The number of anilines is 1. The van der Waals surface area contributed by atoms with Crippen LogP contribution in [-0.2, 0) is 0 Å². The normalized spacial score (nSPS) is 12.8. The monoisotopic (exact) mass is 287 g/mol. The standard InChI is InChI=1S/C16H15F2N3/c1-9-7-15-14(8-13(9)18)20-16(19)21(15)10(2)11-3-5-12(17)6-4-11/h3-8,10H,1-2H3,(H2,19,20). The van der Waals surface area contributed by atoms with Crippen LogP contribution >= 0.6 is 0 Å². The smallest absolute Gasteiger partial charge is 0.201 e. The quantitative estimate of drug-likeness (QED) is 0.778. The van der Waals surface area contributed by atoms with Crippen LogP contribution in [0.4, 0.5) is 14.7 Å². The molecule has 108 valence electrons. The molecule has 5 heteroatoms. The number of nitrogen functional groups attached to an aromatic ring is 1. The van der Waals surface area contributed by atoms with E-state index in [4.69, 9.17) is 5.73 Å². The summed E-state index contributed by atoms with van der Waals surface area (Å²) in [5, 5.41) is 0. The highest BCUT2D eigenvalue weighted by Crippen LogP contribution is 2.28. The van der Waals surface area contributed by atoms with Crippen LogP contribution in [0.15, 0.2) is 36.4 Å². The summed E-state index contributed by atoms with van der Waals surface area (Å²) >= 11 is 0.